The summed E-state index contributed by atoms with van der Waals surface area (Å²) in [5.41, 5.74) is 6.76. The summed E-state index contributed by atoms with van der Waals surface area (Å²) in [4.78, 5) is 3.80. The van der Waals surface area contributed by atoms with Crippen LogP contribution >= 0.6 is 0 Å². The summed E-state index contributed by atoms with van der Waals surface area (Å²) in [6.45, 7) is 0. The van der Waals surface area contributed by atoms with Crippen LogP contribution in [0.15, 0.2) is 42.7 Å². The zero-order valence-electron chi connectivity index (χ0n) is 9.11. The minimum Gasteiger partial charge on any atom is -0.405 e. The van der Waals surface area contributed by atoms with Gasteiger partial charge in [0.15, 0.2) is 0 Å². The molecule has 1 aromatic carbocycles. The molecule has 0 saturated heterocycles. The zero-order valence-corrected chi connectivity index (χ0v) is 9.11. The van der Waals surface area contributed by atoms with Crippen molar-refractivity contribution in [3.05, 3.63) is 42.7 Å². The van der Waals surface area contributed by atoms with E-state index in [9.17, 15) is 13.2 Å². The number of halogens is 3. The van der Waals surface area contributed by atoms with Crippen LogP contribution in [0.1, 0.15) is 0 Å². The number of aromatic nitrogens is 1. The van der Waals surface area contributed by atoms with Gasteiger partial charge in [-0.2, -0.15) is 0 Å². The van der Waals surface area contributed by atoms with Crippen LogP contribution in [0.2, 0.25) is 0 Å². The van der Waals surface area contributed by atoms with Crippen LogP contribution in [0.25, 0.3) is 11.1 Å². The Morgan fingerprint density at radius 2 is 1.72 bits per heavy atom. The first-order valence-electron chi connectivity index (χ1n) is 5.01. The van der Waals surface area contributed by atoms with E-state index in [2.05, 4.69) is 9.72 Å². The molecular weight excluding hydrogens is 245 g/mol. The summed E-state index contributed by atoms with van der Waals surface area (Å²) < 4.78 is 40.8. The number of ether oxygens (including phenoxy) is 1. The number of anilines is 1. The maximum Gasteiger partial charge on any atom is 0.573 e. The Bertz CT molecular complexity index is 541. The van der Waals surface area contributed by atoms with E-state index in [4.69, 9.17) is 5.73 Å². The molecule has 0 radical (unpaired) electrons. The lowest BCUT2D eigenvalue weighted by Crippen LogP contribution is -2.17. The number of rotatable bonds is 2. The zero-order chi connectivity index (χ0) is 13.2. The molecule has 3 nitrogen and oxygen atoms in total. The van der Waals surface area contributed by atoms with Gasteiger partial charge in [-0.3, -0.25) is 4.98 Å². The highest BCUT2D eigenvalue weighted by molar-refractivity contribution is 5.73. The van der Waals surface area contributed by atoms with Crippen LogP contribution < -0.4 is 10.5 Å². The highest BCUT2D eigenvalue weighted by Gasteiger charge is 2.32. The van der Waals surface area contributed by atoms with E-state index in [0.717, 1.165) is 0 Å². The van der Waals surface area contributed by atoms with Gasteiger partial charge in [0.05, 0.1) is 0 Å². The van der Waals surface area contributed by atoms with Crippen molar-refractivity contribution in [1.29, 1.82) is 0 Å². The predicted octanol–water partition coefficient (Wildman–Crippen LogP) is 3.23. The van der Waals surface area contributed by atoms with E-state index < -0.39 is 6.36 Å². The fourth-order valence-electron chi connectivity index (χ4n) is 1.52. The van der Waals surface area contributed by atoms with Crippen LogP contribution in [-0.2, 0) is 0 Å². The third kappa shape index (κ3) is 2.91. The summed E-state index contributed by atoms with van der Waals surface area (Å²) in [6, 6.07) is 7.14. The molecule has 0 fully saturated rings. The van der Waals surface area contributed by atoms with Gasteiger partial charge in [-0.05, 0) is 35.9 Å². The van der Waals surface area contributed by atoms with Gasteiger partial charge in [-0.1, -0.05) is 0 Å². The van der Waals surface area contributed by atoms with E-state index in [-0.39, 0.29) is 11.3 Å². The highest BCUT2D eigenvalue weighted by atomic mass is 19.4. The molecule has 0 bridgehead atoms. The number of hydrogen-bond acceptors (Lipinski definition) is 3. The lowest BCUT2D eigenvalue weighted by molar-refractivity contribution is -0.274. The standard InChI is InChI=1S/C12H9F3N2O/c13-12(14,15)18-11-2-1-9(16)7-10(11)8-3-5-17-6-4-8/h1-7H,16H2. The SMILES string of the molecule is Nc1ccc(OC(F)(F)F)c(-c2ccncc2)c1. The van der Waals surface area contributed by atoms with Gasteiger partial charge in [-0.25, -0.2) is 0 Å². The van der Waals surface area contributed by atoms with E-state index in [1.54, 1.807) is 12.1 Å². The van der Waals surface area contributed by atoms with E-state index >= 15 is 0 Å². The average Bonchev–Trinajstić information content (AvgIpc) is 2.31. The van der Waals surface area contributed by atoms with Crippen molar-refractivity contribution in [2.24, 2.45) is 0 Å². The maximum absolute atomic E-state index is 12.3. The number of hydrogen-bond donors (Lipinski definition) is 1. The largest absolute Gasteiger partial charge is 0.573 e. The molecule has 0 amide bonds. The van der Waals surface area contributed by atoms with Gasteiger partial charge in [-0.15, -0.1) is 13.2 Å². The number of nitrogen functional groups attached to an aromatic ring is 1. The summed E-state index contributed by atoms with van der Waals surface area (Å²) in [6.07, 6.45) is -1.77. The molecule has 2 aromatic rings. The molecular formula is C12H9F3N2O. The monoisotopic (exact) mass is 254 g/mol. The summed E-state index contributed by atoms with van der Waals surface area (Å²) in [7, 11) is 0. The van der Waals surface area contributed by atoms with E-state index in [1.165, 1.54) is 30.6 Å². The highest BCUT2D eigenvalue weighted by Crippen LogP contribution is 2.34. The number of pyridine rings is 1. The summed E-state index contributed by atoms with van der Waals surface area (Å²) in [5, 5.41) is 0. The quantitative estimate of drug-likeness (QED) is 0.837. The minimum atomic E-state index is -4.74. The molecule has 1 heterocycles. The van der Waals surface area contributed by atoms with Gasteiger partial charge in [0.2, 0.25) is 0 Å². The first-order valence-corrected chi connectivity index (χ1v) is 5.01. The Balaban J connectivity index is 2.48. The van der Waals surface area contributed by atoms with E-state index in [1.807, 2.05) is 0 Å². The Labute approximate surface area is 101 Å². The number of nitrogens with zero attached hydrogens (tertiary/aromatic N) is 1. The molecule has 94 valence electrons. The van der Waals surface area contributed by atoms with Crippen molar-refractivity contribution in [3.8, 4) is 16.9 Å². The lowest BCUT2D eigenvalue weighted by Gasteiger charge is -2.13. The lowest BCUT2D eigenvalue weighted by atomic mass is 10.1. The topological polar surface area (TPSA) is 48.1 Å². The van der Waals surface area contributed by atoms with Crippen LogP contribution in [-0.4, -0.2) is 11.3 Å². The van der Waals surface area contributed by atoms with E-state index in [0.29, 0.717) is 11.3 Å². The van der Waals surface area contributed by atoms with Gasteiger partial charge < -0.3 is 10.5 Å². The Morgan fingerprint density at radius 3 is 2.33 bits per heavy atom. The Kier molecular flexibility index (Phi) is 3.10. The van der Waals surface area contributed by atoms with Gasteiger partial charge in [0.25, 0.3) is 0 Å². The van der Waals surface area contributed by atoms with Gasteiger partial charge in [0.1, 0.15) is 5.75 Å². The Morgan fingerprint density at radius 1 is 1.06 bits per heavy atom. The second kappa shape index (κ2) is 4.56. The van der Waals surface area contributed by atoms with Crippen LogP contribution in [0.3, 0.4) is 0 Å². The van der Waals surface area contributed by atoms with Crippen molar-refractivity contribution in [3.63, 3.8) is 0 Å². The second-order valence-corrected chi connectivity index (χ2v) is 3.54. The number of nitrogens with two attached hydrogens (primary N) is 1. The first-order chi connectivity index (χ1) is 8.46. The summed E-state index contributed by atoms with van der Waals surface area (Å²) >= 11 is 0. The number of alkyl halides is 3. The average molecular weight is 254 g/mol. The van der Waals surface area contributed by atoms with Gasteiger partial charge >= 0.3 is 6.36 Å². The maximum atomic E-state index is 12.3. The fourth-order valence-corrected chi connectivity index (χ4v) is 1.52. The molecule has 6 heteroatoms. The van der Waals surface area contributed by atoms with Crippen molar-refractivity contribution < 1.29 is 17.9 Å². The first kappa shape index (κ1) is 12.2. The van der Waals surface area contributed by atoms with Crippen molar-refractivity contribution in [2.75, 3.05) is 5.73 Å². The molecule has 0 atom stereocenters. The van der Waals surface area contributed by atoms with Crippen LogP contribution in [0.5, 0.6) is 5.75 Å². The number of benzene rings is 1. The molecule has 0 aliphatic heterocycles. The molecule has 0 spiro atoms. The fraction of sp³-hybridized carbons (Fsp3) is 0.0833. The molecule has 0 saturated carbocycles. The molecule has 18 heavy (non-hydrogen) atoms. The molecule has 0 aliphatic rings. The van der Waals surface area contributed by atoms with Gasteiger partial charge in [0, 0.05) is 23.6 Å². The second-order valence-electron chi connectivity index (χ2n) is 3.54. The van der Waals surface area contributed by atoms with Crippen molar-refractivity contribution >= 4 is 5.69 Å². The minimum absolute atomic E-state index is 0.273. The molecule has 2 rings (SSSR count). The van der Waals surface area contributed by atoms with Crippen molar-refractivity contribution in [1.82, 2.24) is 4.98 Å². The van der Waals surface area contributed by atoms with Crippen molar-refractivity contribution in [2.45, 2.75) is 6.36 Å². The van der Waals surface area contributed by atoms with Crippen LogP contribution in [0.4, 0.5) is 18.9 Å². The molecule has 1 aromatic heterocycles. The van der Waals surface area contributed by atoms with Crippen LogP contribution in [0, 0.1) is 0 Å². The molecule has 2 N–H and O–H groups in total. The summed E-state index contributed by atoms with van der Waals surface area (Å²) in [5.74, 6) is -0.289. The molecule has 0 unspecified atom stereocenters. The molecule has 0 aliphatic carbocycles. The third-order valence-corrected chi connectivity index (χ3v) is 2.22. The normalized spacial score (nSPS) is 11.3. The third-order valence-electron chi connectivity index (χ3n) is 2.22. The Hall–Kier alpha value is -2.24. The predicted molar refractivity (Wildman–Crippen MR) is 60.8 cm³/mol. The smallest absolute Gasteiger partial charge is 0.405 e.